The van der Waals surface area contributed by atoms with Crippen LogP contribution in [0.25, 0.3) is 0 Å². The quantitative estimate of drug-likeness (QED) is 0.685. The Kier molecular flexibility index (Phi) is 5.49. The lowest BCUT2D eigenvalue weighted by Crippen LogP contribution is -2.35. The Bertz CT molecular complexity index is 229. The summed E-state index contributed by atoms with van der Waals surface area (Å²) in [7, 11) is 0. The molecule has 0 unspecified atom stereocenters. The van der Waals surface area contributed by atoms with Crippen LogP contribution in [-0.2, 0) is 14.4 Å². The number of hydroxylamine groups is 2. The predicted molar refractivity (Wildman–Crippen MR) is 58.0 cm³/mol. The third kappa shape index (κ3) is 5.03. The fraction of sp³-hybridized carbons (Fsp3) is 0.778. The maximum atomic E-state index is 11.5. The molecule has 0 aromatic heterocycles. The van der Waals surface area contributed by atoms with Crippen LogP contribution < -0.4 is 5.73 Å². The van der Waals surface area contributed by atoms with Crippen molar-refractivity contribution >= 4 is 23.6 Å². The molecule has 1 aliphatic heterocycles. The average molecular weight is 232 g/mol. The second-order valence-electron chi connectivity index (χ2n) is 3.31. The molecule has 0 aromatic rings. The van der Waals surface area contributed by atoms with Crippen molar-refractivity contribution in [2.75, 3.05) is 24.7 Å². The van der Waals surface area contributed by atoms with Crippen LogP contribution in [0.1, 0.15) is 19.3 Å². The molecule has 1 aliphatic rings. The number of amides is 2. The average Bonchev–Trinajstić information content (AvgIpc) is 2.25. The highest BCUT2D eigenvalue weighted by Gasteiger charge is 2.16. The highest BCUT2D eigenvalue weighted by Crippen LogP contribution is 2.09. The molecule has 1 heterocycles. The SMILES string of the molecule is NC(=O)CSCCC(=O)N1CCCCO1. The van der Waals surface area contributed by atoms with Gasteiger partial charge >= 0.3 is 0 Å². The molecule has 1 saturated heterocycles. The monoisotopic (exact) mass is 232 g/mol. The Morgan fingerprint density at radius 2 is 2.20 bits per heavy atom. The number of hydrogen-bond acceptors (Lipinski definition) is 4. The molecule has 6 heteroatoms. The van der Waals surface area contributed by atoms with Gasteiger partial charge < -0.3 is 5.73 Å². The van der Waals surface area contributed by atoms with Gasteiger partial charge in [-0.15, -0.1) is 0 Å². The molecule has 5 nitrogen and oxygen atoms in total. The van der Waals surface area contributed by atoms with E-state index in [0.717, 1.165) is 12.8 Å². The Labute approximate surface area is 93.3 Å². The van der Waals surface area contributed by atoms with E-state index in [-0.39, 0.29) is 17.6 Å². The molecule has 1 rings (SSSR count). The Morgan fingerprint density at radius 1 is 1.40 bits per heavy atom. The normalized spacial score (nSPS) is 16.4. The minimum Gasteiger partial charge on any atom is -0.369 e. The number of carbonyl (C=O) groups excluding carboxylic acids is 2. The van der Waals surface area contributed by atoms with Gasteiger partial charge in [-0.05, 0) is 12.8 Å². The summed E-state index contributed by atoms with van der Waals surface area (Å²) in [5, 5.41) is 1.42. The van der Waals surface area contributed by atoms with E-state index in [9.17, 15) is 9.59 Å². The van der Waals surface area contributed by atoms with Crippen molar-refractivity contribution in [3.8, 4) is 0 Å². The van der Waals surface area contributed by atoms with Crippen LogP contribution in [-0.4, -0.2) is 41.5 Å². The molecular weight excluding hydrogens is 216 g/mol. The Hall–Kier alpha value is -0.750. The smallest absolute Gasteiger partial charge is 0.246 e. The highest BCUT2D eigenvalue weighted by atomic mass is 32.2. The molecule has 0 aliphatic carbocycles. The van der Waals surface area contributed by atoms with Crippen molar-refractivity contribution < 1.29 is 14.4 Å². The van der Waals surface area contributed by atoms with Crippen LogP contribution in [0.4, 0.5) is 0 Å². The van der Waals surface area contributed by atoms with E-state index in [2.05, 4.69) is 0 Å². The van der Waals surface area contributed by atoms with Crippen molar-refractivity contribution in [2.24, 2.45) is 5.73 Å². The van der Waals surface area contributed by atoms with Gasteiger partial charge in [-0.2, -0.15) is 11.8 Å². The minimum atomic E-state index is -0.346. The lowest BCUT2D eigenvalue weighted by Gasteiger charge is -2.25. The second kappa shape index (κ2) is 6.68. The van der Waals surface area contributed by atoms with Gasteiger partial charge in [0.15, 0.2) is 0 Å². The van der Waals surface area contributed by atoms with E-state index >= 15 is 0 Å². The molecule has 0 bridgehead atoms. The number of thioether (sulfide) groups is 1. The number of rotatable bonds is 5. The number of nitrogens with zero attached hydrogens (tertiary/aromatic N) is 1. The first-order chi connectivity index (χ1) is 7.20. The largest absolute Gasteiger partial charge is 0.369 e. The van der Waals surface area contributed by atoms with Gasteiger partial charge in [0.1, 0.15) is 0 Å². The summed E-state index contributed by atoms with van der Waals surface area (Å²) in [5.74, 6) is 0.531. The van der Waals surface area contributed by atoms with Crippen molar-refractivity contribution in [3.05, 3.63) is 0 Å². The molecule has 86 valence electrons. The summed E-state index contributed by atoms with van der Waals surface area (Å²) in [5.41, 5.74) is 4.97. The summed E-state index contributed by atoms with van der Waals surface area (Å²) >= 11 is 1.38. The molecule has 0 saturated carbocycles. The minimum absolute atomic E-state index is 0.00771. The first-order valence-electron chi connectivity index (χ1n) is 4.99. The van der Waals surface area contributed by atoms with Gasteiger partial charge in [-0.1, -0.05) is 0 Å². The maximum Gasteiger partial charge on any atom is 0.246 e. The molecule has 2 N–H and O–H groups in total. The predicted octanol–water partition coefficient (Wildman–Crippen LogP) is 0.149. The van der Waals surface area contributed by atoms with Crippen LogP contribution in [0.5, 0.6) is 0 Å². The summed E-state index contributed by atoms with van der Waals surface area (Å²) < 4.78 is 0. The van der Waals surface area contributed by atoms with Gasteiger partial charge in [0.05, 0.1) is 12.4 Å². The van der Waals surface area contributed by atoms with Crippen molar-refractivity contribution in [1.82, 2.24) is 5.06 Å². The lowest BCUT2D eigenvalue weighted by atomic mass is 10.3. The first kappa shape index (κ1) is 12.3. The van der Waals surface area contributed by atoms with Gasteiger partial charge in [0.2, 0.25) is 11.8 Å². The first-order valence-corrected chi connectivity index (χ1v) is 6.15. The van der Waals surface area contributed by atoms with Crippen LogP contribution in [0.2, 0.25) is 0 Å². The van der Waals surface area contributed by atoms with Gasteiger partial charge in [-0.3, -0.25) is 14.4 Å². The zero-order valence-corrected chi connectivity index (χ0v) is 9.42. The highest BCUT2D eigenvalue weighted by molar-refractivity contribution is 7.99. The lowest BCUT2D eigenvalue weighted by molar-refractivity contribution is -0.196. The number of carbonyl (C=O) groups is 2. The summed E-state index contributed by atoms with van der Waals surface area (Å²) in [6, 6.07) is 0. The van der Waals surface area contributed by atoms with Gasteiger partial charge in [0, 0.05) is 18.7 Å². The van der Waals surface area contributed by atoms with Crippen LogP contribution in [0.15, 0.2) is 0 Å². The Morgan fingerprint density at radius 3 is 2.80 bits per heavy atom. The molecule has 0 spiro atoms. The number of primary amides is 1. The van der Waals surface area contributed by atoms with E-state index in [1.54, 1.807) is 0 Å². The number of nitrogens with two attached hydrogens (primary N) is 1. The van der Waals surface area contributed by atoms with Crippen molar-refractivity contribution in [1.29, 1.82) is 0 Å². The summed E-state index contributed by atoms with van der Waals surface area (Å²) in [6.07, 6.45) is 2.42. The molecule has 0 aromatic carbocycles. The molecule has 1 fully saturated rings. The standard InChI is InChI=1S/C9H16N2O3S/c10-8(12)7-15-6-3-9(13)11-4-1-2-5-14-11/h1-7H2,(H2,10,12). The van der Waals surface area contributed by atoms with Gasteiger partial charge in [0.25, 0.3) is 0 Å². The van der Waals surface area contributed by atoms with E-state index in [4.69, 9.17) is 10.6 Å². The summed E-state index contributed by atoms with van der Waals surface area (Å²) in [4.78, 5) is 27.1. The molecule has 15 heavy (non-hydrogen) atoms. The summed E-state index contributed by atoms with van der Waals surface area (Å²) in [6.45, 7) is 1.31. The third-order valence-electron chi connectivity index (χ3n) is 1.99. The number of hydrogen-bond donors (Lipinski definition) is 1. The van der Waals surface area contributed by atoms with Crippen LogP contribution >= 0.6 is 11.8 Å². The fourth-order valence-corrected chi connectivity index (χ4v) is 1.91. The van der Waals surface area contributed by atoms with E-state index in [1.807, 2.05) is 0 Å². The van der Waals surface area contributed by atoms with E-state index < -0.39 is 0 Å². The van der Waals surface area contributed by atoms with Crippen LogP contribution in [0.3, 0.4) is 0 Å². The fourth-order valence-electron chi connectivity index (χ4n) is 1.25. The molecule has 0 radical (unpaired) electrons. The molecule has 0 atom stereocenters. The van der Waals surface area contributed by atoms with E-state index in [1.165, 1.54) is 16.8 Å². The third-order valence-corrected chi connectivity index (χ3v) is 2.97. The van der Waals surface area contributed by atoms with Crippen LogP contribution in [0, 0.1) is 0 Å². The Balaban J connectivity index is 2.09. The topological polar surface area (TPSA) is 72.6 Å². The zero-order valence-electron chi connectivity index (χ0n) is 8.61. The van der Waals surface area contributed by atoms with Gasteiger partial charge in [-0.25, -0.2) is 5.06 Å². The van der Waals surface area contributed by atoms with Crippen molar-refractivity contribution in [3.63, 3.8) is 0 Å². The maximum absolute atomic E-state index is 11.5. The molecular formula is C9H16N2O3S. The zero-order chi connectivity index (χ0) is 11.1. The second-order valence-corrected chi connectivity index (χ2v) is 4.41. The van der Waals surface area contributed by atoms with Crippen molar-refractivity contribution in [2.45, 2.75) is 19.3 Å². The molecule has 2 amide bonds. The van der Waals surface area contributed by atoms with E-state index in [0.29, 0.717) is 25.3 Å².